The molecule has 6 rings (SSSR count). The number of pyridine rings is 1. The van der Waals surface area contributed by atoms with Gasteiger partial charge in [0, 0.05) is 62.4 Å². The highest BCUT2D eigenvalue weighted by molar-refractivity contribution is 5.89. The molecule has 0 bridgehead atoms. The first-order valence-electron chi connectivity index (χ1n) is 13.4. The first-order valence-corrected chi connectivity index (χ1v) is 13.4. The first-order chi connectivity index (χ1) is 19.4. The smallest absolute Gasteiger partial charge is 0.317 e. The van der Waals surface area contributed by atoms with E-state index in [0.29, 0.717) is 32.1 Å². The van der Waals surface area contributed by atoms with Crippen molar-refractivity contribution >= 4 is 17.4 Å². The fraction of sp³-hybridized carbons (Fsp3) is 0.367. The van der Waals surface area contributed by atoms with Crippen LogP contribution in [0, 0.1) is 6.92 Å². The quantitative estimate of drug-likeness (QED) is 0.317. The van der Waals surface area contributed by atoms with Gasteiger partial charge >= 0.3 is 6.03 Å². The Balaban J connectivity index is 1.29. The second-order valence-electron chi connectivity index (χ2n) is 10.4. The third-order valence-electron chi connectivity index (χ3n) is 7.71. The van der Waals surface area contributed by atoms with E-state index < -0.39 is 11.6 Å². The molecule has 1 saturated carbocycles. The van der Waals surface area contributed by atoms with Gasteiger partial charge in [-0.25, -0.2) is 14.8 Å². The Bertz CT molecular complexity index is 1510. The molecule has 10 heteroatoms. The van der Waals surface area contributed by atoms with Crippen LogP contribution in [0.4, 0.5) is 10.6 Å². The summed E-state index contributed by atoms with van der Waals surface area (Å²) in [6, 6.07) is 17.3. The lowest BCUT2D eigenvalue weighted by Gasteiger charge is -2.35. The molecule has 3 N–H and O–H groups in total. The molecule has 2 aliphatic rings. The maximum absolute atomic E-state index is 11.4. The van der Waals surface area contributed by atoms with E-state index in [4.69, 9.17) is 29.7 Å². The van der Waals surface area contributed by atoms with Crippen LogP contribution >= 0.6 is 0 Å². The number of primary amides is 1. The van der Waals surface area contributed by atoms with Crippen LogP contribution in [0.5, 0.6) is 5.75 Å². The Morgan fingerprint density at radius 3 is 2.73 bits per heavy atom. The summed E-state index contributed by atoms with van der Waals surface area (Å²) in [5.41, 5.74) is 10.0. The molecular formula is C30H33N5O5. The summed E-state index contributed by atoms with van der Waals surface area (Å²) in [4.78, 5) is 20.8. The largest absolute Gasteiger partial charge is 0.490 e. The highest BCUT2D eigenvalue weighted by Gasteiger charge is 2.39. The first kappa shape index (κ1) is 26.2. The molecule has 0 spiro atoms. The van der Waals surface area contributed by atoms with Crippen LogP contribution in [0.1, 0.15) is 36.2 Å². The molecule has 1 aromatic carbocycles. The Kier molecular flexibility index (Phi) is 7.14. The van der Waals surface area contributed by atoms with Gasteiger partial charge in [-0.05, 0) is 18.6 Å². The van der Waals surface area contributed by atoms with Crippen molar-refractivity contribution in [1.82, 2.24) is 14.4 Å². The molecule has 208 valence electrons. The predicted octanol–water partition coefficient (Wildman–Crippen LogP) is 4.58. The van der Waals surface area contributed by atoms with Crippen LogP contribution in [-0.4, -0.2) is 52.9 Å². The number of rotatable bonds is 9. The molecular weight excluding hydrogens is 510 g/mol. The van der Waals surface area contributed by atoms with E-state index in [1.807, 2.05) is 47.7 Å². The zero-order valence-corrected chi connectivity index (χ0v) is 22.6. The maximum Gasteiger partial charge on any atom is 0.317 e. The lowest BCUT2D eigenvalue weighted by Crippen LogP contribution is -2.39. The van der Waals surface area contributed by atoms with Crippen molar-refractivity contribution in [3.63, 3.8) is 0 Å². The second-order valence-corrected chi connectivity index (χ2v) is 10.4. The number of anilines is 1. The van der Waals surface area contributed by atoms with Crippen molar-refractivity contribution in [1.29, 1.82) is 0 Å². The molecule has 1 aliphatic carbocycles. The van der Waals surface area contributed by atoms with Gasteiger partial charge in [-0.1, -0.05) is 30.3 Å². The molecule has 1 atom stereocenters. The Morgan fingerprint density at radius 1 is 1.18 bits per heavy atom. The van der Waals surface area contributed by atoms with Gasteiger partial charge in [-0.3, -0.25) is 5.32 Å². The van der Waals surface area contributed by atoms with Crippen LogP contribution in [-0.2, 0) is 26.4 Å². The van der Waals surface area contributed by atoms with Crippen LogP contribution < -0.4 is 15.8 Å². The number of carbonyl (C=O) groups excluding carboxylic acids is 1. The summed E-state index contributed by atoms with van der Waals surface area (Å²) < 4.78 is 26.2. The molecule has 1 saturated heterocycles. The van der Waals surface area contributed by atoms with Crippen LogP contribution in [0.15, 0.2) is 60.9 Å². The van der Waals surface area contributed by atoms with Crippen molar-refractivity contribution in [2.24, 2.45) is 5.73 Å². The predicted molar refractivity (Wildman–Crippen MR) is 149 cm³/mol. The zero-order chi connectivity index (χ0) is 27.7. The molecule has 4 heterocycles. The second kappa shape index (κ2) is 10.9. The number of carbonyl (C=O) groups is 1. The number of methoxy groups -OCH3 is 1. The fourth-order valence-corrected chi connectivity index (χ4v) is 5.35. The Morgan fingerprint density at radius 2 is 2.00 bits per heavy atom. The summed E-state index contributed by atoms with van der Waals surface area (Å²) >= 11 is 0. The third-order valence-corrected chi connectivity index (χ3v) is 7.71. The molecule has 4 aromatic rings. The van der Waals surface area contributed by atoms with Gasteiger partial charge in [-0.2, -0.15) is 0 Å². The summed E-state index contributed by atoms with van der Waals surface area (Å²) in [6.45, 7) is 3.61. The number of ether oxygens (including phenoxy) is 4. The van der Waals surface area contributed by atoms with Crippen LogP contribution in [0.3, 0.4) is 0 Å². The van der Waals surface area contributed by atoms with E-state index in [1.54, 1.807) is 19.5 Å². The van der Waals surface area contributed by atoms with Crippen molar-refractivity contribution < 1.29 is 23.7 Å². The number of hydrogen-bond acceptors (Lipinski definition) is 7. The van der Waals surface area contributed by atoms with Crippen molar-refractivity contribution in [2.45, 2.75) is 50.6 Å². The number of nitrogens with zero attached hydrogens (tertiary/aromatic N) is 3. The molecule has 40 heavy (non-hydrogen) atoms. The van der Waals surface area contributed by atoms with Gasteiger partial charge in [0.15, 0.2) is 0 Å². The van der Waals surface area contributed by atoms with E-state index in [2.05, 4.69) is 22.4 Å². The highest BCUT2D eigenvalue weighted by atomic mass is 16.6. The average molecular weight is 544 g/mol. The van der Waals surface area contributed by atoms with E-state index in [1.165, 1.54) is 5.56 Å². The number of aryl methyl sites for hydroxylation is 1. The van der Waals surface area contributed by atoms with E-state index >= 15 is 0 Å². The molecule has 2 fully saturated rings. The minimum atomic E-state index is -0.674. The normalized spacial score (nSPS) is 22.2. The van der Waals surface area contributed by atoms with E-state index in [0.717, 1.165) is 46.8 Å². The number of hydrogen-bond donors (Lipinski definition) is 2. The topological polar surface area (TPSA) is 122 Å². The lowest BCUT2D eigenvalue weighted by molar-refractivity contribution is -0.0686. The van der Waals surface area contributed by atoms with Gasteiger partial charge in [0.25, 0.3) is 0 Å². The number of aromatic nitrogens is 3. The van der Waals surface area contributed by atoms with Crippen molar-refractivity contribution in [2.75, 3.05) is 25.6 Å². The van der Waals surface area contributed by atoms with Crippen molar-refractivity contribution in [3.05, 3.63) is 77.9 Å². The molecule has 0 radical (unpaired) electrons. The average Bonchev–Trinajstić information content (AvgIpc) is 3.55. The Hall–Kier alpha value is -3.99. The molecule has 3 aromatic heterocycles. The fourth-order valence-electron chi connectivity index (χ4n) is 5.35. The van der Waals surface area contributed by atoms with Crippen molar-refractivity contribution in [3.8, 4) is 17.0 Å². The summed E-state index contributed by atoms with van der Waals surface area (Å²) in [7, 11) is 1.69. The number of urea groups is 1. The molecule has 2 amide bonds. The molecule has 1 aliphatic heterocycles. The van der Waals surface area contributed by atoms with Gasteiger partial charge in [0.2, 0.25) is 0 Å². The minimum Gasteiger partial charge on any atom is -0.490 e. The summed E-state index contributed by atoms with van der Waals surface area (Å²) in [5, 5.41) is 2.55. The Labute approximate surface area is 232 Å². The van der Waals surface area contributed by atoms with Gasteiger partial charge in [0.1, 0.15) is 29.6 Å². The maximum atomic E-state index is 11.4. The van der Waals surface area contributed by atoms with Crippen LogP contribution in [0.25, 0.3) is 16.8 Å². The number of nitrogens with one attached hydrogen (secondary N) is 1. The van der Waals surface area contributed by atoms with Gasteiger partial charge < -0.3 is 29.1 Å². The highest BCUT2D eigenvalue weighted by Crippen LogP contribution is 2.39. The van der Waals surface area contributed by atoms with Crippen LogP contribution in [0.2, 0.25) is 0 Å². The minimum absolute atomic E-state index is 0.0466. The summed E-state index contributed by atoms with van der Waals surface area (Å²) in [6.07, 6.45) is 4.21. The number of fused-ring (bicyclic) bond motifs is 1. The lowest BCUT2D eigenvalue weighted by atomic mass is 9.91. The number of amides is 2. The van der Waals surface area contributed by atoms with Gasteiger partial charge in [0.05, 0.1) is 36.2 Å². The third kappa shape index (κ3) is 5.25. The monoisotopic (exact) mass is 543 g/mol. The van der Waals surface area contributed by atoms with E-state index in [9.17, 15) is 4.79 Å². The van der Waals surface area contributed by atoms with E-state index in [-0.39, 0.29) is 12.2 Å². The summed E-state index contributed by atoms with van der Waals surface area (Å²) in [5.74, 6) is 1.08. The molecule has 0 unspecified atom stereocenters. The van der Waals surface area contributed by atoms with Gasteiger partial charge in [-0.15, -0.1) is 0 Å². The standard InChI is InChI=1S/C30H33N5O5/c1-19-10-24(26-15-28(34-29(31)36)32-18-35(19)26)25-13-23(14-27(33-25)30(37-2)8-9-38-17-30)40-22-11-21(12-22)39-16-20-6-4-3-5-7-20/h3-7,10,13-15,18,21-22H,8-9,11-12,16-17H2,1-2H3,(H3,31,34,36)/t21?,22?,30-/m1/s1. The zero-order valence-electron chi connectivity index (χ0n) is 22.6. The number of nitrogens with two attached hydrogens (primary N) is 1. The molecule has 10 nitrogen and oxygen atoms in total. The number of benzene rings is 1. The SMILES string of the molecule is CO[C@]1(c2cc(OC3CC(OCc4ccccc4)C3)cc(-c3cc(C)n4cnc(NC(N)=O)cc34)n2)CCOC1.